The Hall–Kier alpha value is -0.950. The fourth-order valence-corrected chi connectivity index (χ4v) is 3.46. The maximum atomic E-state index is 12.2. The van der Waals surface area contributed by atoms with Crippen molar-refractivity contribution in [2.45, 2.75) is 31.4 Å². The molecule has 0 spiro atoms. The maximum absolute atomic E-state index is 12.2. The second kappa shape index (κ2) is 7.73. The lowest BCUT2D eigenvalue weighted by molar-refractivity contribution is -0.141. The fourth-order valence-electron chi connectivity index (χ4n) is 1.89. The Morgan fingerprint density at radius 2 is 2.00 bits per heavy atom. The highest BCUT2D eigenvalue weighted by Crippen LogP contribution is 2.49. The van der Waals surface area contributed by atoms with E-state index in [9.17, 15) is 13.8 Å². The van der Waals surface area contributed by atoms with Gasteiger partial charge in [-0.2, -0.15) is 0 Å². The Morgan fingerprint density at radius 1 is 1.35 bits per heavy atom. The van der Waals surface area contributed by atoms with Crippen LogP contribution in [0.4, 0.5) is 0 Å². The first-order chi connectivity index (χ1) is 9.44. The molecule has 1 amide bonds. The van der Waals surface area contributed by atoms with E-state index in [1.807, 2.05) is 0 Å². The van der Waals surface area contributed by atoms with Gasteiger partial charge in [0.1, 0.15) is 5.25 Å². The van der Waals surface area contributed by atoms with Crippen molar-refractivity contribution in [3.05, 3.63) is 0 Å². The molecule has 1 fully saturated rings. The number of hydrogen-bond acceptors (Lipinski definition) is 5. The second-order valence-corrected chi connectivity index (χ2v) is 6.96. The Bertz CT molecular complexity index is 381. The summed E-state index contributed by atoms with van der Waals surface area (Å²) in [6, 6.07) is 0. The van der Waals surface area contributed by atoms with E-state index in [1.54, 1.807) is 14.0 Å². The van der Waals surface area contributed by atoms with Crippen molar-refractivity contribution >= 4 is 22.7 Å². The van der Waals surface area contributed by atoms with E-state index in [1.165, 1.54) is 7.11 Å². The van der Waals surface area contributed by atoms with Crippen molar-refractivity contribution in [3.63, 3.8) is 0 Å². The molecule has 0 aromatic heterocycles. The number of hydrogen-bond donors (Lipinski definition) is 1. The van der Waals surface area contributed by atoms with E-state index >= 15 is 0 Å². The van der Waals surface area contributed by atoms with Crippen molar-refractivity contribution in [3.8, 4) is 0 Å². The molecular formula is C13H23NO5S. The monoisotopic (exact) mass is 305 g/mol. The lowest BCUT2D eigenvalue weighted by Crippen LogP contribution is -2.39. The first-order valence-electron chi connectivity index (χ1n) is 6.65. The summed E-state index contributed by atoms with van der Waals surface area (Å²) in [5, 5.41) is 2.09. The lowest BCUT2D eigenvalue weighted by Gasteiger charge is -2.17. The number of methoxy groups -OCH3 is 2. The molecule has 20 heavy (non-hydrogen) atoms. The Morgan fingerprint density at radius 3 is 2.50 bits per heavy atom. The van der Waals surface area contributed by atoms with Crippen LogP contribution in [0.15, 0.2) is 0 Å². The van der Waals surface area contributed by atoms with Gasteiger partial charge in [-0.25, -0.2) is 0 Å². The van der Waals surface area contributed by atoms with Crippen molar-refractivity contribution in [2.75, 3.05) is 33.1 Å². The van der Waals surface area contributed by atoms with Gasteiger partial charge in [-0.05, 0) is 25.2 Å². The molecule has 1 saturated carbocycles. The number of ether oxygens (including phenoxy) is 2. The van der Waals surface area contributed by atoms with E-state index in [-0.39, 0.29) is 23.7 Å². The van der Waals surface area contributed by atoms with Gasteiger partial charge < -0.3 is 14.8 Å². The Labute approximate surface area is 122 Å². The van der Waals surface area contributed by atoms with Crippen molar-refractivity contribution in [1.82, 2.24) is 5.32 Å². The minimum Gasteiger partial charge on any atom is -0.469 e. The standard InChI is InChI=1S/C13H23NO5S/c1-10(12(16)14-6-7-18-2)20(17)9-13(4-5-13)8-11(15)19-3/h10H,4-9H2,1-3H3,(H,14,16). The summed E-state index contributed by atoms with van der Waals surface area (Å²) < 4.78 is 21.7. The summed E-state index contributed by atoms with van der Waals surface area (Å²) in [4.78, 5) is 23.1. The number of esters is 1. The number of nitrogens with one attached hydrogen (secondary N) is 1. The van der Waals surface area contributed by atoms with Gasteiger partial charge >= 0.3 is 5.97 Å². The normalized spacial score (nSPS) is 18.9. The third-order valence-electron chi connectivity index (χ3n) is 3.52. The predicted octanol–water partition coefficient (Wildman–Crippen LogP) is 0.230. The fraction of sp³-hybridized carbons (Fsp3) is 0.846. The quantitative estimate of drug-likeness (QED) is 0.487. The number of carbonyl (C=O) groups is 2. The van der Waals surface area contributed by atoms with Gasteiger partial charge in [0.25, 0.3) is 0 Å². The summed E-state index contributed by atoms with van der Waals surface area (Å²) in [5.41, 5.74) is -0.223. The minimum atomic E-state index is -1.29. The van der Waals surface area contributed by atoms with Gasteiger partial charge in [0, 0.05) is 30.2 Å². The van der Waals surface area contributed by atoms with E-state index < -0.39 is 16.0 Å². The van der Waals surface area contributed by atoms with Gasteiger partial charge in [0.05, 0.1) is 20.1 Å². The first kappa shape index (κ1) is 17.1. The molecule has 0 radical (unpaired) electrons. The zero-order valence-electron chi connectivity index (χ0n) is 12.3. The van der Waals surface area contributed by atoms with E-state index in [0.29, 0.717) is 18.9 Å². The summed E-state index contributed by atoms with van der Waals surface area (Å²) in [5.74, 6) is -0.146. The molecule has 1 rings (SSSR count). The van der Waals surface area contributed by atoms with Gasteiger partial charge in [-0.1, -0.05) is 0 Å². The van der Waals surface area contributed by atoms with Gasteiger partial charge in [-0.3, -0.25) is 13.8 Å². The highest BCUT2D eigenvalue weighted by atomic mass is 32.2. The molecule has 2 atom stereocenters. The molecule has 0 aromatic carbocycles. The Balaban J connectivity index is 2.41. The molecule has 7 heteroatoms. The maximum Gasteiger partial charge on any atom is 0.306 e. The first-order valence-corrected chi connectivity index (χ1v) is 8.03. The van der Waals surface area contributed by atoms with Gasteiger partial charge in [-0.15, -0.1) is 0 Å². The molecule has 1 N–H and O–H groups in total. The molecule has 1 aliphatic rings. The topological polar surface area (TPSA) is 81.7 Å². The summed E-state index contributed by atoms with van der Waals surface area (Å²) in [7, 11) is 1.62. The summed E-state index contributed by atoms with van der Waals surface area (Å²) >= 11 is 0. The third-order valence-corrected chi connectivity index (χ3v) is 5.42. The SMILES string of the molecule is COCCNC(=O)C(C)S(=O)CC1(CC(=O)OC)CC1. The Kier molecular flexibility index (Phi) is 6.61. The minimum absolute atomic E-state index is 0.223. The van der Waals surface area contributed by atoms with Crippen molar-refractivity contribution in [2.24, 2.45) is 5.41 Å². The second-order valence-electron chi connectivity index (χ2n) is 5.20. The molecule has 0 saturated heterocycles. The van der Waals surface area contributed by atoms with Crippen LogP contribution >= 0.6 is 0 Å². The number of rotatable bonds is 9. The molecule has 0 bridgehead atoms. The molecular weight excluding hydrogens is 282 g/mol. The van der Waals surface area contributed by atoms with Crippen LogP contribution in [0.3, 0.4) is 0 Å². The molecule has 1 aliphatic carbocycles. The van der Waals surface area contributed by atoms with Crippen LogP contribution in [-0.4, -0.2) is 54.5 Å². The van der Waals surface area contributed by atoms with Crippen molar-refractivity contribution < 1.29 is 23.3 Å². The van der Waals surface area contributed by atoms with Crippen LogP contribution in [0.25, 0.3) is 0 Å². The zero-order chi connectivity index (χ0) is 15.2. The number of amides is 1. The molecule has 2 unspecified atom stereocenters. The zero-order valence-corrected chi connectivity index (χ0v) is 13.1. The van der Waals surface area contributed by atoms with Crippen LogP contribution in [0.1, 0.15) is 26.2 Å². The molecule has 0 aromatic rings. The molecule has 0 heterocycles. The highest BCUT2D eigenvalue weighted by molar-refractivity contribution is 7.86. The van der Waals surface area contributed by atoms with E-state index in [4.69, 9.17) is 4.74 Å². The average Bonchev–Trinajstić information content (AvgIpc) is 3.16. The van der Waals surface area contributed by atoms with E-state index in [0.717, 1.165) is 12.8 Å². The van der Waals surface area contributed by atoms with Crippen LogP contribution in [0.5, 0.6) is 0 Å². The predicted molar refractivity (Wildman–Crippen MR) is 75.7 cm³/mol. The van der Waals surface area contributed by atoms with Crippen LogP contribution in [0, 0.1) is 5.41 Å². The highest BCUT2D eigenvalue weighted by Gasteiger charge is 2.46. The average molecular weight is 305 g/mol. The summed E-state index contributed by atoms with van der Waals surface area (Å²) in [6.45, 7) is 2.48. The summed E-state index contributed by atoms with van der Waals surface area (Å²) in [6.07, 6.45) is 2.02. The largest absolute Gasteiger partial charge is 0.469 e. The molecule has 6 nitrogen and oxygen atoms in total. The van der Waals surface area contributed by atoms with Crippen LogP contribution < -0.4 is 5.32 Å². The van der Waals surface area contributed by atoms with Gasteiger partial charge in [0.2, 0.25) is 5.91 Å². The molecule has 116 valence electrons. The van der Waals surface area contributed by atoms with Crippen molar-refractivity contribution in [1.29, 1.82) is 0 Å². The molecule has 0 aliphatic heterocycles. The smallest absolute Gasteiger partial charge is 0.306 e. The van der Waals surface area contributed by atoms with E-state index in [2.05, 4.69) is 10.1 Å². The lowest BCUT2D eigenvalue weighted by atomic mass is 10.1. The van der Waals surface area contributed by atoms with Gasteiger partial charge in [0.15, 0.2) is 0 Å². The van der Waals surface area contributed by atoms with Crippen LogP contribution in [0.2, 0.25) is 0 Å². The number of carbonyl (C=O) groups excluding carboxylic acids is 2. The third kappa shape index (κ3) is 5.20. The van der Waals surface area contributed by atoms with Crippen LogP contribution in [-0.2, 0) is 29.9 Å².